The molecule has 6 nitrogen and oxygen atoms in total. The van der Waals surface area contributed by atoms with Crippen molar-refractivity contribution in [3.8, 4) is 11.4 Å². The molecule has 3 aromatic rings. The largest absolute Gasteiger partial charge is 0.382 e. The van der Waals surface area contributed by atoms with Crippen molar-refractivity contribution >= 4 is 17.4 Å². The molecule has 0 radical (unpaired) electrons. The highest BCUT2D eigenvalue weighted by Gasteiger charge is 2.30. The van der Waals surface area contributed by atoms with Crippen LogP contribution in [0, 0.1) is 6.92 Å². The summed E-state index contributed by atoms with van der Waals surface area (Å²) in [4.78, 5) is 15.0. The van der Waals surface area contributed by atoms with Gasteiger partial charge in [-0.3, -0.25) is 4.40 Å². The Balaban J connectivity index is 1.86. The number of hydrogen-bond donors (Lipinski definition) is 2. The Morgan fingerprint density at radius 3 is 2.92 bits per heavy atom. The molecule has 6 heteroatoms. The van der Waals surface area contributed by atoms with Crippen LogP contribution in [0.3, 0.4) is 0 Å². The Kier molecular flexibility index (Phi) is 3.84. The smallest absolute Gasteiger partial charge is 0.150 e. The van der Waals surface area contributed by atoms with Gasteiger partial charge < -0.3 is 15.6 Å². The van der Waals surface area contributed by atoms with Crippen LogP contribution in [0.4, 0.5) is 5.82 Å². The van der Waals surface area contributed by atoms with Gasteiger partial charge in [-0.05, 0) is 38.1 Å². The monoisotopic (exact) mass is 336 g/mol. The standard InChI is InChI=1S/C19H24N6/c1-4-5-6-14-12(2)9-15(22-14)16-17-18(20)21-7-8-25(17)19(23-16)13-10-24(3)11-13/h5-9,13,22H,4,10-11H2,1-3H3,(H2,20,21)/b6-5-. The zero-order chi connectivity index (χ0) is 17.6. The van der Waals surface area contributed by atoms with Gasteiger partial charge >= 0.3 is 0 Å². The fraction of sp³-hybridized carbons (Fsp3) is 0.368. The van der Waals surface area contributed by atoms with E-state index in [1.165, 1.54) is 5.56 Å². The van der Waals surface area contributed by atoms with Crippen LogP contribution in [0.25, 0.3) is 23.0 Å². The number of aromatic amines is 1. The van der Waals surface area contributed by atoms with Gasteiger partial charge in [0.05, 0.1) is 5.69 Å². The van der Waals surface area contributed by atoms with Gasteiger partial charge in [0.15, 0.2) is 0 Å². The zero-order valence-electron chi connectivity index (χ0n) is 15.0. The van der Waals surface area contributed by atoms with Crippen molar-refractivity contribution in [1.82, 2.24) is 24.3 Å². The number of likely N-dealkylation sites (N-methyl/N-ethyl adjacent to an activating group) is 1. The number of anilines is 1. The lowest BCUT2D eigenvalue weighted by molar-refractivity contribution is 0.183. The Morgan fingerprint density at radius 1 is 1.40 bits per heavy atom. The van der Waals surface area contributed by atoms with Crippen LogP contribution in [0.5, 0.6) is 0 Å². The molecule has 0 unspecified atom stereocenters. The summed E-state index contributed by atoms with van der Waals surface area (Å²) >= 11 is 0. The third-order valence-electron chi connectivity index (χ3n) is 4.87. The maximum absolute atomic E-state index is 6.21. The van der Waals surface area contributed by atoms with Crippen molar-refractivity contribution in [2.45, 2.75) is 26.2 Å². The van der Waals surface area contributed by atoms with Crippen LogP contribution in [0.1, 0.15) is 36.3 Å². The van der Waals surface area contributed by atoms with E-state index in [1.54, 1.807) is 6.20 Å². The highest BCUT2D eigenvalue weighted by Crippen LogP contribution is 2.33. The first kappa shape index (κ1) is 15.9. The Hall–Kier alpha value is -2.60. The number of aryl methyl sites for hydroxylation is 1. The van der Waals surface area contributed by atoms with Gasteiger partial charge in [-0.2, -0.15) is 0 Å². The fourth-order valence-corrected chi connectivity index (χ4v) is 3.54. The molecule has 0 saturated carbocycles. The highest BCUT2D eigenvalue weighted by molar-refractivity contribution is 5.85. The highest BCUT2D eigenvalue weighted by atomic mass is 15.2. The number of imidazole rings is 1. The molecule has 0 aliphatic carbocycles. The quantitative estimate of drug-likeness (QED) is 0.768. The van der Waals surface area contributed by atoms with E-state index in [0.717, 1.165) is 47.9 Å². The molecule has 0 bridgehead atoms. The minimum atomic E-state index is 0.434. The molecule has 0 atom stereocenters. The van der Waals surface area contributed by atoms with Crippen molar-refractivity contribution in [3.63, 3.8) is 0 Å². The van der Waals surface area contributed by atoms with E-state index < -0.39 is 0 Å². The predicted octanol–water partition coefficient (Wildman–Crippen LogP) is 3.07. The molecule has 130 valence electrons. The summed E-state index contributed by atoms with van der Waals surface area (Å²) in [6, 6.07) is 2.14. The SMILES string of the molecule is CC/C=C\c1[nH]c(-c2nc(C3CN(C)C3)n3ccnc(N)c23)cc1C. The number of nitrogen functional groups attached to an aromatic ring is 1. The van der Waals surface area contributed by atoms with E-state index in [9.17, 15) is 0 Å². The average molecular weight is 336 g/mol. The summed E-state index contributed by atoms with van der Waals surface area (Å²) in [6.07, 6.45) is 9.00. The number of H-pyrrole nitrogens is 1. The molecular weight excluding hydrogens is 312 g/mol. The van der Waals surface area contributed by atoms with Gasteiger partial charge in [-0.25, -0.2) is 9.97 Å². The molecule has 4 rings (SSSR count). The third-order valence-corrected chi connectivity index (χ3v) is 4.87. The van der Waals surface area contributed by atoms with Crippen molar-refractivity contribution in [1.29, 1.82) is 0 Å². The van der Waals surface area contributed by atoms with Gasteiger partial charge in [0, 0.05) is 37.1 Å². The topological polar surface area (TPSA) is 75.2 Å². The molecule has 0 aromatic carbocycles. The summed E-state index contributed by atoms with van der Waals surface area (Å²) in [5.74, 6) is 2.01. The van der Waals surface area contributed by atoms with E-state index in [4.69, 9.17) is 10.7 Å². The summed E-state index contributed by atoms with van der Waals surface area (Å²) < 4.78 is 2.10. The Morgan fingerprint density at radius 2 is 2.20 bits per heavy atom. The molecular formula is C19H24N6. The minimum Gasteiger partial charge on any atom is -0.382 e. The number of likely N-dealkylation sites (tertiary alicyclic amines) is 1. The van der Waals surface area contributed by atoms with E-state index in [2.05, 4.69) is 58.4 Å². The molecule has 1 fully saturated rings. The van der Waals surface area contributed by atoms with Gasteiger partial charge in [0.25, 0.3) is 0 Å². The molecule has 1 aliphatic rings. The van der Waals surface area contributed by atoms with Gasteiger partial charge in [-0.1, -0.05) is 13.0 Å². The second-order valence-corrected chi connectivity index (χ2v) is 6.86. The number of rotatable bonds is 4. The second kappa shape index (κ2) is 6.04. The Bertz CT molecular complexity index is 942. The number of hydrogen-bond acceptors (Lipinski definition) is 4. The number of nitrogens with two attached hydrogens (primary N) is 1. The molecule has 4 heterocycles. The van der Waals surface area contributed by atoms with Crippen LogP contribution in [-0.2, 0) is 0 Å². The van der Waals surface area contributed by atoms with Crippen molar-refractivity contribution in [2.75, 3.05) is 25.9 Å². The van der Waals surface area contributed by atoms with E-state index in [-0.39, 0.29) is 0 Å². The van der Waals surface area contributed by atoms with E-state index in [1.807, 2.05) is 6.20 Å². The number of aromatic nitrogens is 4. The maximum Gasteiger partial charge on any atom is 0.150 e. The zero-order valence-corrected chi connectivity index (χ0v) is 15.0. The van der Waals surface area contributed by atoms with Crippen LogP contribution in [0.15, 0.2) is 24.5 Å². The maximum atomic E-state index is 6.21. The lowest BCUT2D eigenvalue weighted by Gasteiger charge is -2.35. The van der Waals surface area contributed by atoms with Gasteiger partial charge in [0.1, 0.15) is 22.9 Å². The first-order valence-electron chi connectivity index (χ1n) is 8.76. The number of fused-ring (bicyclic) bond motifs is 1. The summed E-state index contributed by atoms with van der Waals surface area (Å²) in [5, 5.41) is 0. The Labute approximate surface area is 147 Å². The van der Waals surface area contributed by atoms with Crippen LogP contribution in [0.2, 0.25) is 0 Å². The van der Waals surface area contributed by atoms with Gasteiger partial charge in [0.2, 0.25) is 0 Å². The molecule has 0 spiro atoms. The molecule has 3 aromatic heterocycles. The molecule has 0 amide bonds. The minimum absolute atomic E-state index is 0.434. The molecule has 1 aliphatic heterocycles. The molecule has 1 saturated heterocycles. The summed E-state index contributed by atoms with van der Waals surface area (Å²) in [7, 11) is 2.13. The normalized spacial score (nSPS) is 16.1. The number of nitrogens with zero attached hydrogens (tertiary/aromatic N) is 4. The van der Waals surface area contributed by atoms with Crippen LogP contribution >= 0.6 is 0 Å². The first-order chi connectivity index (χ1) is 12.1. The number of allylic oxidation sites excluding steroid dienone is 1. The van der Waals surface area contributed by atoms with Crippen molar-refractivity contribution in [2.24, 2.45) is 0 Å². The first-order valence-corrected chi connectivity index (χ1v) is 8.76. The van der Waals surface area contributed by atoms with Crippen molar-refractivity contribution < 1.29 is 0 Å². The molecule has 3 N–H and O–H groups in total. The van der Waals surface area contributed by atoms with Crippen LogP contribution in [-0.4, -0.2) is 44.4 Å². The predicted molar refractivity (Wildman–Crippen MR) is 101 cm³/mol. The second-order valence-electron chi connectivity index (χ2n) is 6.86. The summed E-state index contributed by atoms with van der Waals surface area (Å²) in [6.45, 7) is 6.29. The molecule has 25 heavy (non-hydrogen) atoms. The lowest BCUT2D eigenvalue weighted by atomic mass is 10.0. The summed E-state index contributed by atoms with van der Waals surface area (Å²) in [5.41, 5.74) is 11.3. The van der Waals surface area contributed by atoms with Crippen LogP contribution < -0.4 is 5.73 Å². The fourth-order valence-electron chi connectivity index (χ4n) is 3.54. The average Bonchev–Trinajstić information content (AvgIpc) is 3.11. The third kappa shape index (κ3) is 2.62. The van der Waals surface area contributed by atoms with Crippen molar-refractivity contribution in [3.05, 3.63) is 41.6 Å². The lowest BCUT2D eigenvalue weighted by Crippen LogP contribution is -2.42. The van der Waals surface area contributed by atoms with E-state index in [0.29, 0.717) is 11.7 Å². The number of nitrogens with one attached hydrogen (secondary N) is 1. The van der Waals surface area contributed by atoms with E-state index >= 15 is 0 Å². The van der Waals surface area contributed by atoms with Gasteiger partial charge in [-0.15, -0.1) is 0 Å².